The molecule has 54 valence electrons. The minimum Gasteiger partial charge on any atom is -0.217 e. The molecule has 0 unspecified atom stereocenters. The van der Waals surface area contributed by atoms with E-state index < -0.39 is 25.1 Å². The van der Waals surface area contributed by atoms with Crippen LogP contribution in [0.25, 0.3) is 0 Å². The molecule has 0 aliphatic heterocycles. The third-order valence-electron chi connectivity index (χ3n) is 0.380. The number of rotatable bonds is 4. The Labute approximate surface area is 54.1 Å². The fraction of sp³-hybridized carbons (Fsp3) is 0.333. The Morgan fingerprint density at radius 2 is 2.22 bits per heavy atom. The number of halogens is 3. The summed E-state index contributed by atoms with van der Waals surface area (Å²) in [6.07, 6.45) is -1.43. The summed E-state index contributed by atoms with van der Waals surface area (Å²) in [4.78, 5) is 3.83. The van der Waals surface area contributed by atoms with Crippen molar-refractivity contribution in [1.29, 1.82) is 0 Å². The van der Waals surface area contributed by atoms with Gasteiger partial charge in [0.15, 0.2) is 0 Å². The molecule has 0 spiro atoms. The monoisotopic (exact) mass is 160 g/mol. The molecule has 0 aliphatic rings. The predicted octanol–water partition coefficient (Wildman–Crippen LogP) is 2.25. The Hall–Kier alpha value is -0.200. The normalized spacial score (nSPS) is 9.22. The van der Waals surface area contributed by atoms with Gasteiger partial charge in [0.1, 0.15) is 6.61 Å². The van der Waals surface area contributed by atoms with Gasteiger partial charge in [-0.3, -0.25) is 0 Å². The van der Waals surface area contributed by atoms with Gasteiger partial charge in [-0.2, -0.15) is 8.78 Å². The number of hydrogen-bond acceptors (Lipinski definition) is 3. The van der Waals surface area contributed by atoms with Gasteiger partial charge in [-0.15, -0.1) is 8.22 Å². The molecule has 0 aromatic rings. The molecule has 0 fully saturated rings. The lowest BCUT2D eigenvalue weighted by Gasteiger charge is -1.89. The van der Waals surface area contributed by atoms with Crippen LogP contribution in [0.2, 0.25) is 0 Å². The summed E-state index contributed by atoms with van der Waals surface area (Å²) in [5.41, 5.74) is 0. The van der Waals surface area contributed by atoms with Crippen LogP contribution in [0.5, 0.6) is 0 Å². The molecular weight excluding hydrogens is 157 g/mol. The number of hydrogen-bond donors (Lipinski definition) is 0. The maximum absolute atomic E-state index is 11.1. The molecule has 0 saturated heterocycles. The van der Waals surface area contributed by atoms with Crippen molar-refractivity contribution in [3.05, 3.63) is 12.2 Å². The summed E-state index contributed by atoms with van der Waals surface area (Å²) in [6, 6.07) is 0. The molecule has 0 saturated carbocycles. The molecule has 0 heterocycles. The molecule has 0 aliphatic carbocycles. The van der Waals surface area contributed by atoms with Crippen LogP contribution in [-0.4, -0.2) is 6.61 Å². The average Bonchev–Trinajstić information content (AvgIpc) is 1.80. The molecule has 0 N–H and O–H groups in total. The van der Waals surface area contributed by atoms with Crippen LogP contribution >= 0.6 is 12.4 Å². The van der Waals surface area contributed by atoms with Crippen LogP contribution in [0.1, 0.15) is 0 Å². The van der Waals surface area contributed by atoms with Gasteiger partial charge < -0.3 is 0 Å². The van der Waals surface area contributed by atoms with Crippen LogP contribution in [0.15, 0.2) is 12.2 Å². The van der Waals surface area contributed by atoms with Crippen LogP contribution in [-0.2, 0) is 9.22 Å². The highest BCUT2D eigenvalue weighted by molar-refractivity contribution is 7.89. The first-order chi connectivity index (χ1) is 4.27. The average molecular weight is 160 g/mol. The smallest absolute Gasteiger partial charge is 0.217 e. The van der Waals surface area contributed by atoms with Gasteiger partial charge in [0.2, 0.25) is 12.4 Å². The second-order valence-corrected chi connectivity index (χ2v) is 1.17. The Kier molecular flexibility index (Phi) is 5.80. The van der Waals surface area contributed by atoms with Crippen LogP contribution in [0.3, 0.4) is 0 Å². The zero-order chi connectivity index (χ0) is 7.11. The van der Waals surface area contributed by atoms with Crippen molar-refractivity contribution >= 4 is 12.4 Å². The van der Waals surface area contributed by atoms with Gasteiger partial charge >= 0.3 is 0 Å². The molecule has 0 atom stereocenters. The van der Waals surface area contributed by atoms with E-state index in [0.29, 0.717) is 6.08 Å². The highest BCUT2D eigenvalue weighted by Crippen LogP contribution is 2.03. The standard InChI is InChI=1S/C3H3F3O2S/c4-3(5)1-2-7-8-9-6/h1H,2H2. The van der Waals surface area contributed by atoms with Crippen molar-refractivity contribution in [3.63, 3.8) is 0 Å². The summed E-state index contributed by atoms with van der Waals surface area (Å²) in [7, 11) is 0. The Morgan fingerprint density at radius 1 is 1.56 bits per heavy atom. The third kappa shape index (κ3) is 7.80. The summed E-state index contributed by atoms with van der Waals surface area (Å²) >= 11 is -0.543. The van der Waals surface area contributed by atoms with Crippen molar-refractivity contribution in [2.24, 2.45) is 0 Å². The second kappa shape index (κ2) is 5.93. The van der Waals surface area contributed by atoms with Crippen molar-refractivity contribution < 1.29 is 21.9 Å². The molecule has 0 bridgehead atoms. The Balaban J connectivity index is 3.00. The van der Waals surface area contributed by atoms with Gasteiger partial charge in [-0.1, -0.05) is 0 Å². The SMILES string of the molecule is FSOOCC=C(F)F. The van der Waals surface area contributed by atoms with E-state index in [0.717, 1.165) is 0 Å². The van der Waals surface area contributed by atoms with Gasteiger partial charge in [-0.25, -0.2) is 4.89 Å². The van der Waals surface area contributed by atoms with E-state index in [4.69, 9.17) is 0 Å². The lowest BCUT2D eigenvalue weighted by atomic mass is 10.7. The maximum atomic E-state index is 11.1. The van der Waals surface area contributed by atoms with Gasteiger partial charge in [0.25, 0.3) is 6.08 Å². The van der Waals surface area contributed by atoms with Crippen molar-refractivity contribution in [3.8, 4) is 0 Å². The minimum atomic E-state index is -1.89. The zero-order valence-electron chi connectivity index (χ0n) is 4.14. The highest BCUT2D eigenvalue weighted by Gasteiger charge is 1.88. The summed E-state index contributed by atoms with van der Waals surface area (Å²) in [6.45, 7) is -0.459. The molecule has 6 heteroatoms. The Morgan fingerprint density at radius 3 is 2.67 bits per heavy atom. The highest BCUT2D eigenvalue weighted by atomic mass is 32.2. The van der Waals surface area contributed by atoms with E-state index >= 15 is 0 Å². The van der Waals surface area contributed by atoms with Crippen LogP contribution in [0, 0.1) is 0 Å². The molecule has 0 amide bonds. The summed E-state index contributed by atoms with van der Waals surface area (Å²) in [5.74, 6) is 0. The largest absolute Gasteiger partial charge is 0.268 e. The lowest BCUT2D eigenvalue weighted by Crippen LogP contribution is -1.84. The van der Waals surface area contributed by atoms with Crippen molar-refractivity contribution in [2.75, 3.05) is 6.61 Å². The van der Waals surface area contributed by atoms with Crippen molar-refractivity contribution in [1.82, 2.24) is 0 Å². The molecular formula is C3H3F3O2S. The molecule has 0 radical (unpaired) electrons. The van der Waals surface area contributed by atoms with E-state index in [1.165, 1.54) is 0 Å². The minimum absolute atomic E-state index is 0.455. The molecule has 9 heavy (non-hydrogen) atoms. The first kappa shape index (κ1) is 8.80. The summed E-state index contributed by atoms with van der Waals surface area (Å²) in [5, 5.41) is 0. The van der Waals surface area contributed by atoms with Crippen LogP contribution in [0.4, 0.5) is 12.7 Å². The van der Waals surface area contributed by atoms with Gasteiger partial charge in [0, 0.05) is 6.08 Å². The fourth-order valence-corrected chi connectivity index (χ4v) is 0.235. The van der Waals surface area contributed by atoms with Gasteiger partial charge in [-0.05, 0) is 0 Å². The summed E-state index contributed by atoms with van der Waals surface area (Å²) < 4.78 is 36.6. The fourth-order valence-electron chi connectivity index (χ4n) is 0.143. The quantitative estimate of drug-likeness (QED) is 0.272. The molecule has 2 nitrogen and oxygen atoms in total. The van der Waals surface area contributed by atoms with Crippen molar-refractivity contribution in [2.45, 2.75) is 0 Å². The van der Waals surface area contributed by atoms with E-state index in [9.17, 15) is 12.7 Å². The van der Waals surface area contributed by atoms with E-state index in [2.05, 4.69) is 9.22 Å². The first-order valence-electron chi connectivity index (χ1n) is 1.85. The molecule has 0 aromatic carbocycles. The first-order valence-corrected chi connectivity index (χ1v) is 2.49. The van der Waals surface area contributed by atoms with E-state index in [1.807, 2.05) is 0 Å². The lowest BCUT2D eigenvalue weighted by molar-refractivity contribution is -0.182. The molecule has 0 aromatic heterocycles. The van der Waals surface area contributed by atoms with E-state index in [-0.39, 0.29) is 0 Å². The zero-order valence-corrected chi connectivity index (χ0v) is 4.96. The Bertz CT molecular complexity index is 93.1. The van der Waals surface area contributed by atoms with E-state index in [1.54, 1.807) is 0 Å². The predicted molar refractivity (Wildman–Crippen MR) is 26.0 cm³/mol. The molecule has 0 rings (SSSR count). The van der Waals surface area contributed by atoms with Crippen LogP contribution < -0.4 is 0 Å². The maximum Gasteiger partial charge on any atom is 0.268 e. The van der Waals surface area contributed by atoms with Gasteiger partial charge in [0.05, 0.1) is 0 Å². The third-order valence-corrected chi connectivity index (χ3v) is 0.527. The topological polar surface area (TPSA) is 18.5 Å². The second-order valence-electron chi connectivity index (χ2n) is 0.909.